The zero-order chi connectivity index (χ0) is 10.7. The molecule has 2 atom stereocenters. The van der Waals surface area contributed by atoms with Crippen molar-refractivity contribution in [1.29, 1.82) is 0 Å². The molecule has 1 saturated heterocycles. The van der Waals surface area contributed by atoms with Crippen LogP contribution in [0.5, 0.6) is 0 Å². The van der Waals surface area contributed by atoms with E-state index in [9.17, 15) is 4.79 Å². The van der Waals surface area contributed by atoms with E-state index in [4.69, 9.17) is 5.73 Å². The van der Waals surface area contributed by atoms with Gasteiger partial charge in [-0.3, -0.25) is 4.79 Å². The molecule has 1 saturated carbocycles. The number of hydrogen-bond acceptors (Lipinski definition) is 2. The van der Waals surface area contributed by atoms with E-state index >= 15 is 0 Å². The van der Waals surface area contributed by atoms with E-state index in [-0.39, 0.29) is 11.9 Å². The highest BCUT2D eigenvalue weighted by atomic mass is 16.1. The fourth-order valence-corrected chi connectivity index (χ4v) is 3.20. The third-order valence-electron chi connectivity index (χ3n) is 4.10. The molecule has 0 aromatic carbocycles. The predicted octanol–water partition coefficient (Wildman–Crippen LogP) is 1.42. The molecule has 2 aliphatic rings. The van der Waals surface area contributed by atoms with Gasteiger partial charge in [-0.25, -0.2) is 0 Å². The van der Waals surface area contributed by atoms with Gasteiger partial charge in [-0.1, -0.05) is 32.1 Å². The normalized spacial score (nSPS) is 33.9. The quantitative estimate of drug-likeness (QED) is 0.724. The van der Waals surface area contributed by atoms with Crippen LogP contribution in [0.15, 0.2) is 0 Å². The Morgan fingerprint density at radius 1 is 1.07 bits per heavy atom. The molecule has 0 aromatic rings. The highest BCUT2D eigenvalue weighted by Crippen LogP contribution is 2.35. The summed E-state index contributed by atoms with van der Waals surface area (Å²) < 4.78 is 0. The van der Waals surface area contributed by atoms with Gasteiger partial charge in [0, 0.05) is 0 Å². The van der Waals surface area contributed by atoms with Crippen molar-refractivity contribution >= 4 is 5.91 Å². The largest absolute Gasteiger partial charge is 0.368 e. The van der Waals surface area contributed by atoms with Gasteiger partial charge in [-0.05, 0) is 31.2 Å². The lowest BCUT2D eigenvalue weighted by Gasteiger charge is -2.36. The maximum atomic E-state index is 11.1. The van der Waals surface area contributed by atoms with Gasteiger partial charge in [0.2, 0.25) is 5.91 Å². The van der Waals surface area contributed by atoms with E-state index in [1.807, 2.05) is 0 Å². The van der Waals surface area contributed by atoms with Crippen LogP contribution in [0, 0.1) is 11.8 Å². The number of nitrogens with one attached hydrogen (secondary N) is 1. The van der Waals surface area contributed by atoms with Crippen molar-refractivity contribution in [2.24, 2.45) is 17.6 Å². The van der Waals surface area contributed by atoms with E-state index in [1.165, 1.54) is 38.5 Å². The van der Waals surface area contributed by atoms with Gasteiger partial charge in [0.25, 0.3) is 0 Å². The Balaban J connectivity index is 1.88. The third kappa shape index (κ3) is 2.71. The second kappa shape index (κ2) is 4.97. The molecule has 3 nitrogen and oxygen atoms in total. The van der Waals surface area contributed by atoms with Crippen molar-refractivity contribution in [2.75, 3.05) is 6.54 Å². The summed E-state index contributed by atoms with van der Waals surface area (Å²) in [5.41, 5.74) is 5.36. The van der Waals surface area contributed by atoms with Gasteiger partial charge < -0.3 is 11.1 Å². The predicted molar refractivity (Wildman–Crippen MR) is 60.3 cm³/mol. The Kier molecular flexibility index (Phi) is 3.62. The second-order valence-electron chi connectivity index (χ2n) is 5.09. The number of nitrogens with two attached hydrogens (primary N) is 1. The molecular weight excluding hydrogens is 188 g/mol. The van der Waals surface area contributed by atoms with Crippen LogP contribution < -0.4 is 11.1 Å². The maximum Gasteiger partial charge on any atom is 0.234 e. The molecular formula is C12H22N2O. The Morgan fingerprint density at radius 3 is 2.47 bits per heavy atom. The minimum atomic E-state index is -0.171. The fourth-order valence-electron chi connectivity index (χ4n) is 3.20. The van der Waals surface area contributed by atoms with Crippen LogP contribution in [-0.2, 0) is 4.79 Å². The zero-order valence-electron chi connectivity index (χ0n) is 9.37. The molecule has 3 heteroatoms. The van der Waals surface area contributed by atoms with Gasteiger partial charge >= 0.3 is 0 Å². The zero-order valence-corrected chi connectivity index (χ0v) is 9.37. The highest BCUT2D eigenvalue weighted by Gasteiger charge is 2.30. The smallest absolute Gasteiger partial charge is 0.234 e. The lowest BCUT2D eigenvalue weighted by molar-refractivity contribution is -0.121. The average molecular weight is 210 g/mol. The minimum Gasteiger partial charge on any atom is -0.368 e. The van der Waals surface area contributed by atoms with Gasteiger partial charge in [0.1, 0.15) is 0 Å². The number of piperidine rings is 1. The van der Waals surface area contributed by atoms with E-state index in [1.54, 1.807) is 0 Å². The van der Waals surface area contributed by atoms with E-state index in [2.05, 4.69) is 5.32 Å². The van der Waals surface area contributed by atoms with Gasteiger partial charge in [0.05, 0.1) is 6.04 Å². The molecule has 1 unspecified atom stereocenters. The van der Waals surface area contributed by atoms with Crippen molar-refractivity contribution in [1.82, 2.24) is 5.32 Å². The highest BCUT2D eigenvalue weighted by molar-refractivity contribution is 5.79. The molecule has 1 aliphatic carbocycles. The molecule has 1 amide bonds. The Labute approximate surface area is 91.8 Å². The Bertz CT molecular complexity index is 224. The lowest BCUT2D eigenvalue weighted by Crippen LogP contribution is -2.48. The summed E-state index contributed by atoms with van der Waals surface area (Å²) in [6.45, 7) is 0.967. The number of hydrogen-bond donors (Lipinski definition) is 2. The molecule has 1 heterocycles. The summed E-state index contributed by atoms with van der Waals surface area (Å²) in [6, 6.07) is -0.0642. The van der Waals surface area contributed by atoms with Crippen molar-refractivity contribution < 1.29 is 4.79 Å². The third-order valence-corrected chi connectivity index (χ3v) is 4.10. The van der Waals surface area contributed by atoms with Gasteiger partial charge in [-0.2, -0.15) is 0 Å². The summed E-state index contributed by atoms with van der Waals surface area (Å²) in [5.74, 6) is 1.43. The summed E-state index contributed by atoms with van der Waals surface area (Å²) in [7, 11) is 0. The van der Waals surface area contributed by atoms with Gasteiger partial charge in [0.15, 0.2) is 0 Å². The second-order valence-corrected chi connectivity index (χ2v) is 5.09. The van der Waals surface area contributed by atoms with E-state index in [0.29, 0.717) is 0 Å². The average Bonchev–Trinajstić information content (AvgIpc) is 2.30. The van der Waals surface area contributed by atoms with Crippen LogP contribution in [0.3, 0.4) is 0 Å². The van der Waals surface area contributed by atoms with Crippen LogP contribution in [0.4, 0.5) is 0 Å². The van der Waals surface area contributed by atoms with Crippen LogP contribution in [0.1, 0.15) is 44.9 Å². The topological polar surface area (TPSA) is 55.1 Å². The summed E-state index contributed by atoms with van der Waals surface area (Å²) >= 11 is 0. The molecule has 1 aliphatic heterocycles. The summed E-state index contributed by atoms with van der Waals surface area (Å²) in [5, 5.41) is 3.21. The SMILES string of the molecule is NC(=O)C1C[C@@H](C2CCCCC2)CCN1. The number of carbonyl (C=O) groups is 1. The van der Waals surface area contributed by atoms with Gasteiger partial charge in [-0.15, -0.1) is 0 Å². The van der Waals surface area contributed by atoms with Crippen LogP contribution in [-0.4, -0.2) is 18.5 Å². The summed E-state index contributed by atoms with van der Waals surface area (Å²) in [4.78, 5) is 11.1. The van der Waals surface area contributed by atoms with Crippen molar-refractivity contribution in [3.8, 4) is 0 Å². The first-order chi connectivity index (χ1) is 7.27. The number of primary amides is 1. The first-order valence-electron chi connectivity index (χ1n) is 6.30. The molecule has 0 spiro atoms. The monoisotopic (exact) mass is 210 g/mol. The van der Waals surface area contributed by atoms with E-state index < -0.39 is 0 Å². The molecule has 0 radical (unpaired) electrons. The van der Waals surface area contributed by atoms with Crippen LogP contribution >= 0.6 is 0 Å². The number of rotatable bonds is 2. The number of amides is 1. The Morgan fingerprint density at radius 2 is 1.80 bits per heavy atom. The molecule has 86 valence electrons. The first-order valence-corrected chi connectivity index (χ1v) is 6.30. The van der Waals surface area contributed by atoms with Crippen molar-refractivity contribution in [2.45, 2.75) is 51.0 Å². The molecule has 2 rings (SSSR count). The number of carbonyl (C=O) groups excluding carboxylic acids is 1. The van der Waals surface area contributed by atoms with Crippen LogP contribution in [0.2, 0.25) is 0 Å². The summed E-state index contributed by atoms with van der Waals surface area (Å²) in [6.07, 6.45) is 9.12. The van der Waals surface area contributed by atoms with Crippen molar-refractivity contribution in [3.05, 3.63) is 0 Å². The standard InChI is InChI=1S/C12H22N2O/c13-12(15)11-8-10(6-7-14-11)9-4-2-1-3-5-9/h9-11,14H,1-8H2,(H2,13,15)/t10-,11?/m0/s1. The molecule has 15 heavy (non-hydrogen) atoms. The first kappa shape index (κ1) is 10.9. The molecule has 0 aromatic heterocycles. The molecule has 2 fully saturated rings. The van der Waals surface area contributed by atoms with E-state index in [0.717, 1.165) is 24.8 Å². The molecule has 0 bridgehead atoms. The Hall–Kier alpha value is -0.570. The van der Waals surface area contributed by atoms with Crippen LogP contribution in [0.25, 0.3) is 0 Å². The fraction of sp³-hybridized carbons (Fsp3) is 0.917. The lowest BCUT2D eigenvalue weighted by atomic mass is 9.74. The minimum absolute atomic E-state index is 0.0642. The van der Waals surface area contributed by atoms with Crippen molar-refractivity contribution in [3.63, 3.8) is 0 Å². The maximum absolute atomic E-state index is 11.1. The molecule has 3 N–H and O–H groups in total.